The molecule has 0 aromatic heterocycles. The topological polar surface area (TPSA) is 17.1 Å². The molecule has 3 heteroatoms. The van der Waals surface area contributed by atoms with E-state index in [1.54, 1.807) is 12.7 Å². The Morgan fingerprint density at radius 1 is 0.750 bits per heavy atom. The Morgan fingerprint density at radius 2 is 1.29 bits per heavy atom. The average Bonchev–Trinajstić information content (AvgIpc) is 3.54. The van der Waals surface area contributed by atoms with E-state index in [-0.39, 0.29) is 0 Å². The minimum atomic E-state index is -3.24. The second kappa shape index (κ2) is 1.42. The Morgan fingerprint density at radius 3 is 1.71 bits per heavy atom. The van der Waals surface area contributed by atoms with E-state index in [0.29, 0.717) is 4.31 Å². The molecule has 10 aliphatic rings. The number of carbonyl (C=O) groups excluding carboxylic acids is 1. The molecule has 1 spiro atoms. The fourth-order valence-electron chi connectivity index (χ4n) is 19.8. The third-order valence-corrected chi connectivity index (χ3v) is 62.0. The first-order valence-electron chi connectivity index (χ1n) is 10.8. The van der Waals surface area contributed by atoms with Gasteiger partial charge in [0, 0.05) is 0 Å². The van der Waals surface area contributed by atoms with Crippen LogP contribution in [0.1, 0.15) is 57.8 Å². The van der Waals surface area contributed by atoms with Crippen LogP contribution in [0.5, 0.6) is 0 Å². The molecular weight excluding hydrogens is 404 g/mol. The van der Waals surface area contributed by atoms with Crippen molar-refractivity contribution in [3.63, 3.8) is 0 Å². The molecule has 10 heterocycles. The third kappa shape index (κ3) is 0.181. The Labute approximate surface area is 143 Å². The van der Waals surface area contributed by atoms with Gasteiger partial charge in [0.15, 0.2) is 0 Å². The van der Waals surface area contributed by atoms with Gasteiger partial charge in [-0.1, -0.05) is 0 Å². The van der Waals surface area contributed by atoms with E-state index in [0.717, 1.165) is 9.13 Å². The van der Waals surface area contributed by atoms with Crippen LogP contribution >= 0.6 is 15.9 Å². The first-order valence-corrected chi connectivity index (χ1v) is 18.1. The molecule has 0 N–H and O–H groups in total. The van der Waals surface area contributed by atoms with Gasteiger partial charge in [0.25, 0.3) is 0 Å². The van der Waals surface area contributed by atoms with Crippen LogP contribution in [0.2, 0.25) is 47.2 Å². The zero-order valence-corrected chi connectivity index (χ0v) is 17.1. The van der Waals surface area contributed by atoms with Crippen molar-refractivity contribution in [1.82, 2.24) is 0 Å². The summed E-state index contributed by atoms with van der Waals surface area (Å²) in [7, 11) is 0. The number of aldehydes is 1. The maximum absolute atomic E-state index is 12.5. The molecule has 0 aromatic carbocycles. The van der Waals surface area contributed by atoms with E-state index in [4.69, 9.17) is 0 Å². The predicted molar refractivity (Wildman–Crippen MR) is 96.8 cm³/mol. The third-order valence-electron chi connectivity index (χ3n) is 17.9. The van der Waals surface area contributed by atoms with Crippen LogP contribution in [-0.4, -0.2) is 11.6 Å². The van der Waals surface area contributed by atoms with Gasteiger partial charge >= 0.3 is 144 Å². The van der Waals surface area contributed by atoms with Crippen molar-refractivity contribution in [2.75, 3.05) is 5.33 Å². The molecule has 0 amide bonds. The maximum atomic E-state index is 12.5. The van der Waals surface area contributed by atoms with E-state index in [1.807, 2.05) is 0 Å². The standard InChI is InChI=1S/C16H24BrO.C5H5.Fe/c17-13-8-6-4-2-1-3-5-7-10-15-11-9-12-16(15)14-18;1-2-4-5-3-1;/h9,11-12,14H,1-8,10,13H2;1-5H;. The Hall–Kier alpha value is 0.669. The van der Waals surface area contributed by atoms with Crippen molar-refractivity contribution in [1.29, 1.82) is 0 Å². The summed E-state index contributed by atoms with van der Waals surface area (Å²) in [5.41, 5.74) is 0. The fourth-order valence-corrected chi connectivity index (χ4v) is 96.6. The Balaban J connectivity index is 0.910. The summed E-state index contributed by atoms with van der Waals surface area (Å²) in [5, 5.41) is 1.18. The van der Waals surface area contributed by atoms with Gasteiger partial charge in [-0.25, -0.2) is 0 Å². The number of rotatable bonds is 11. The van der Waals surface area contributed by atoms with Crippen LogP contribution in [0.3, 0.4) is 0 Å². The molecule has 5 unspecified atom stereocenters. The molecule has 10 aliphatic heterocycles. The molecule has 5 atom stereocenters. The molecule has 24 heavy (non-hydrogen) atoms. The van der Waals surface area contributed by atoms with Crippen LogP contribution in [0.15, 0.2) is 0 Å². The minimum absolute atomic E-state index is 0.488. The van der Waals surface area contributed by atoms with Gasteiger partial charge in [0.1, 0.15) is 0 Å². The van der Waals surface area contributed by atoms with Crippen LogP contribution in [0.25, 0.3) is 0 Å². The summed E-state index contributed by atoms with van der Waals surface area (Å²) in [5.74, 6) is 0. The van der Waals surface area contributed by atoms with Crippen molar-refractivity contribution in [2.45, 2.75) is 105 Å². The van der Waals surface area contributed by atoms with E-state index in [9.17, 15) is 4.79 Å². The molecule has 10 rings (SSSR count). The van der Waals surface area contributed by atoms with Gasteiger partial charge < -0.3 is 0 Å². The summed E-state index contributed by atoms with van der Waals surface area (Å²) in [6.07, 6.45) is 14.8. The van der Waals surface area contributed by atoms with E-state index < -0.39 is 6.51 Å². The molecule has 0 saturated carbocycles. The second-order valence-electron chi connectivity index (χ2n) is 13.3. The van der Waals surface area contributed by atoms with Crippen LogP contribution in [0.4, 0.5) is 0 Å². The number of halogens is 1. The Bertz CT molecular complexity index is 1080. The van der Waals surface area contributed by atoms with Crippen molar-refractivity contribution in [2.24, 2.45) is 0 Å². The zero-order chi connectivity index (χ0) is 15.7. The number of alkyl halides is 1. The van der Waals surface area contributed by atoms with E-state index in [1.165, 1.54) is 90.4 Å². The van der Waals surface area contributed by atoms with Crippen LogP contribution in [0, 0.1) is 0 Å². The van der Waals surface area contributed by atoms with Gasteiger partial charge in [0.05, 0.1) is 0 Å². The molecule has 0 aromatic rings. The van der Waals surface area contributed by atoms with Gasteiger partial charge in [-0.15, -0.1) is 0 Å². The quantitative estimate of drug-likeness (QED) is 0.146. The fraction of sp³-hybridized carbons (Fsp3) is 0.952. The summed E-state index contributed by atoms with van der Waals surface area (Å²) in [4.78, 5) is 22.7. The second-order valence-corrected chi connectivity index (χ2v) is 37.5. The summed E-state index contributed by atoms with van der Waals surface area (Å²) in [6.45, 7) is -3.24. The van der Waals surface area contributed by atoms with Gasteiger partial charge in [-0.2, -0.15) is 0 Å². The van der Waals surface area contributed by atoms with Crippen molar-refractivity contribution < 1.29 is 11.3 Å². The SMILES string of the molecule is O=C[C]12[CH]3[CH]4[CH]5[C]1(CCCCCCCCCCBr)[Fe]43521678[CH]2[CH]1[CH]6[CH]7[CH]28. The summed E-state index contributed by atoms with van der Waals surface area (Å²) >= 11 is 3.53. The van der Waals surface area contributed by atoms with E-state index in [2.05, 4.69) is 15.9 Å². The molecule has 10 fully saturated rings. The predicted octanol–water partition coefficient (Wildman–Crippen LogP) is 7.22. The molecule has 10 saturated heterocycles. The molecule has 0 bridgehead atoms. The summed E-state index contributed by atoms with van der Waals surface area (Å²) < 4.78 is 1.30. The monoisotopic (exact) mass is 432 g/mol. The summed E-state index contributed by atoms with van der Waals surface area (Å²) in [6, 6.07) is 0. The first-order chi connectivity index (χ1) is 11.6. The first kappa shape index (κ1) is 12.2. The van der Waals surface area contributed by atoms with Crippen LogP contribution < -0.4 is 0 Å². The van der Waals surface area contributed by atoms with Crippen molar-refractivity contribution >= 4 is 22.2 Å². The Kier molecular flexibility index (Phi) is 0.720. The number of hydrogen-bond donors (Lipinski definition) is 0. The number of carbonyl (C=O) groups is 1. The van der Waals surface area contributed by atoms with Crippen molar-refractivity contribution in [3.05, 3.63) is 0 Å². The number of fused-ring (bicyclic) bond motifs is 10. The average molecular weight is 433 g/mol. The number of hydrogen-bond acceptors (Lipinski definition) is 1. The van der Waals surface area contributed by atoms with Crippen molar-refractivity contribution in [3.8, 4) is 0 Å². The zero-order valence-electron chi connectivity index (χ0n) is 14.4. The normalized spacial score (nSPS) is 90.9. The van der Waals surface area contributed by atoms with Crippen LogP contribution in [-0.2, 0) is 11.3 Å². The molecular formula is C21H29BrFeO. The molecule has 0 radical (unpaired) electrons. The van der Waals surface area contributed by atoms with Gasteiger partial charge in [-0.05, 0) is 0 Å². The molecule has 1 nitrogen and oxygen atoms in total. The molecule has 0 aliphatic carbocycles. The molecule has 134 valence electrons. The van der Waals surface area contributed by atoms with E-state index >= 15 is 0 Å². The van der Waals surface area contributed by atoms with Gasteiger partial charge in [0.2, 0.25) is 0 Å². The van der Waals surface area contributed by atoms with Gasteiger partial charge in [-0.3, -0.25) is 0 Å². The number of unbranched alkanes of at least 4 members (excludes halogenated alkanes) is 7.